The highest BCUT2D eigenvalue weighted by molar-refractivity contribution is 14.0. The van der Waals surface area contributed by atoms with E-state index in [9.17, 15) is 4.79 Å². The molecule has 2 heterocycles. The third kappa shape index (κ3) is 6.92. The van der Waals surface area contributed by atoms with Gasteiger partial charge in [-0.1, -0.05) is 30.3 Å². The molecule has 6 nitrogen and oxygen atoms in total. The van der Waals surface area contributed by atoms with Gasteiger partial charge < -0.3 is 15.1 Å². The second-order valence-corrected chi connectivity index (χ2v) is 7.80. The van der Waals surface area contributed by atoms with Gasteiger partial charge >= 0.3 is 0 Å². The molecule has 1 amide bonds. The molecule has 0 bridgehead atoms. The van der Waals surface area contributed by atoms with Crippen molar-refractivity contribution in [3.63, 3.8) is 0 Å². The zero-order chi connectivity index (χ0) is 19.1. The first-order valence-corrected chi connectivity index (χ1v) is 10.1. The van der Waals surface area contributed by atoms with Crippen molar-refractivity contribution in [2.24, 2.45) is 4.99 Å². The fraction of sp³-hybridized carbons (Fsp3) is 0.619. The number of rotatable bonds is 5. The van der Waals surface area contributed by atoms with E-state index >= 15 is 0 Å². The molecule has 0 spiro atoms. The van der Waals surface area contributed by atoms with E-state index in [-0.39, 0.29) is 36.4 Å². The summed E-state index contributed by atoms with van der Waals surface area (Å²) in [4.78, 5) is 23.0. The minimum Gasteiger partial charge on any atom is -0.353 e. The van der Waals surface area contributed by atoms with Gasteiger partial charge in [0.25, 0.3) is 0 Å². The third-order valence-corrected chi connectivity index (χ3v) is 5.44. The molecular formula is C21H34IN5O. The van der Waals surface area contributed by atoms with Gasteiger partial charge in [0.15, 0.2) is 5.96 Å². The van der Waals surface area contributed by atoms with Crippen LogP contribution in [0, 0.1) is 0 Å². The summed E-state index contributed by atoms with van der Waals surface area (Å²) in [6.07, 6.45) is 4.64. The number of halogens is 1. The summed E-state index contributed by atoms with van der Waals surface area (Å²) in [5.74, 6) is 0.968. The van der Waals surface area contributed by atoms with Crippen LogP contribution in [-0.4, -0.2) is 79.4 Å². The quantitative estimate of drug-likeness (QED) is 0.384. The molecule has 0 aromatic heterocycles. The van der Waals surface area contributed by atoms with Crippen LogP contribution in [0.1, 0.15) is 31.2 Å². The minimum absolute atomic E-state index is 0. The Morgan fingerprint density at radius 2 is 1.75 bits per heavy atom. The summed E-state index contributed by atoms with van der Waals surface area (Å²) in [5, 5.41) is 3.66. The predicted octanol–water partition coefficient (Wildman–Crippen LogP) is 2.40. The summed E-state index contributed by atoms with van der Waals surface area (Å²) in [6.45, 7) is 5.51. The van der Waals surface area contributed by atoms with Crippen LogP contribution in [0.4, 0.5) is 0 Å². The molecule has 2 aliphatic rings. The Hall–Kier alpha value is -1.35. The van der Waals surface area contributed by atoms with Crippen molar-refractivity contribution in [1.29, 1.82) is 0 Å². The van der Waals surface area contributed by atoms with Gasteiger partial charge in [0.2, 0.25) is 5.91 Å². The fourth-order valence-corrected chi connectivity index (χ4v) is 3.71. The summed E-state index contributed by atoms with van der Waals surface area (Å²) in [5.41, 5.74) is 1.38. The summed E-state index contributed by atoms with van der Waals surface area (Å²) >= 11 is 0. The van der Waals surface area contributed by atoms with Gasteiger partial charge in [-0.05, 0) is 31.2 Å². The first-order valence-electron chi connectivity index (χ1n) is 10.1. The second-order valence-electron chi connectivity index (χ2n) is 7.80. The molecule has 0 saturated carbocycles. The highest BCUT2D eigenvalue weighted by Crippen LogP contribution is 2.15. The number of piperidine rings is 1. The maximum absolute atomic E-state index is 11.9. The summed E-state index contributed by atoms with van der Waals surface area (Å²) < 4.78 is 0. The molecule has 0 aliphatic carbocycles. The Bertz CT molecular complexity index is 623. The van der Waals surface area contributed by atoms with Gasteiger partial charge in [0.05, 0.1) is 0 Å². The van der Waals surface area contributed by atoms with Crippen molar-refractivity contribution in [3.05, 3.63) is 35.9 Å². The molecule has 2 saturated heterocycles. The van der Waals surface area contributed by atoms with E-state index in [0.29, 0.717) is 6.04 Å². The van der Waals surface area contributed by atoms with E-state index in [1.165, 1.54) is 18.4 Å². The van der Waals surface area contributed by atoms with Crippen LogP contribution in [0.15, 0.2) is 35.3 Å². The highest BCUT2D eigenvalue weighted by atomic mass is 127. The van der Waals surface area contributed by atoms with Crippen LogP contribution in [0.25, 0.3) is 0 Å². The van der Waals surface area contributed by atoms with E-state index in [4.69, 9.17) is 0 Å². The average Bonchev–Trinajstić information content (AvgIpc) is 3.21. The number of nitrogens with one attached hydrogen (secondary N) is 1. The Kier molecular flexibility index (Phi) is 9.50. The number of likely N-dealkylation sites (N-methyl/N-ethyl adjacent to an activating group) is 1. The summed E-state index contributed by atoms with van der Waals surface area (Å²) in [7, 11) is 3.56. The molecule has 7 heteroatoms. The number of amides is 1. The van der Waals surface area contributed by atoms with E-state index in [2.05, 4.69) is 50.4 Å². The first kappa shape index (κ1) is 22.9. The monoisotopic (exact) mass is 499 g/mol. The summed E-state index contributed by atoms with van der Waals surface area (Å²) in [6, 6.07) is 11.1. The lowest BCUT2D eigenvalue weighted by molar-refractivity contribution is -0.127. The van der Waals surface area contributed by atoms with E-state index < -0.39 is 0 Å². The number of aliphatic imine (C=N–C) groups is 1. The fourth-order valence-electron chi connectivity index (χ4n) is 3.71. The van der Waals surface area contributed by atoms with Crippen molar-refractivity contribution in [1.82, 2.24) is 20.0 Å². The number of guanidine groups is 1. The van der Waals surface area contributed by atoms with Gasteiger partial charge in [-0.15, -0.1) is 24.0 Å². The lowest BCUT2D eigenvalue weighted by Crippen LogP contribution is -2.49. The standard InChI is InChI=1S/C21H33N5O.HI/c1-24(2)20(27)16-22-21(26-12-6-7-13-26)23-19-10-14-25(15-11-19)17-18-8-4-3-5-9-18;/h3-5,8-9,19H,6-7,10-17H2,1-2H3,(H,22,23);1H. The zero-order valence-electron chi connectivity index (χ0n) is 17.1. The molecule has 1 aromatic carbocycles. The molecule has 2 aliphatic heterocycles. The Morgan fingerprint density at radius 3 is 2.36 bits per heavy atom. The van der Waals surface area contributed by atoms with Crippen LogP contribution < -0.4 is 5.32 Å². The zero-order valence-corrected chi connectivity index (χ0v) is 19.5. The van der Waals surface area contributed by atoms with Crippen molar-refractivity contribution in [2.75, 3.05) is 46.8 Å². The second kappa shape index (κ2) is 11.6. The van der Waals surface area contributed by atoms with Crippen LogP contribution >= 0.6 is 24.0 Å². The van der Waals surface area contributed by atoms with Gasteiger partial charge in [-0.2, -0.15) is 0 Å². The highest BCUT2D eigenvalue weighted by Gasteiger charge is 2.23. The maximum Gasteiger partial charge on any atom is 0.243 e. The molecular weight excluding hydrogens is 465 g/mol. The van der Waals surface area contributed by atoms with Crippen LogP contribution in [-0.2, 0) is 11.3 Å². The third-order valence-electron chi connectivity index (χ3n) is 5.44. The number of nitrogens with zero attached hydrogens (tertiary/aromatic N) is 4. The van der Waals surface area contributed by atoms with Gasteiger partial charge in [-0.25, -0.2) is 4.99 Å². The Labute approximate surface area is 186 Å². The molecule has 0 radical (unpaired) electrons. The molecule has 1 aromatic rings. The van der Waals surface area contributed by atoms with Gasteiger partial charge in [0, 0.05) is 52.9 Å². The molecule has 28 heavy (non-hydrogen) atoms. The molecule has 156 valence electrons. The SMILES string of the molecule is CN(C)C(=O)CN=C(NC1CCN(Cc2ccccc2)CC1)N1CCCC1.I. The predicted molar refractivity (Wildman–Crippen MR) is 125 cm³/mol. The van der Waals surface area contributed by atoms with E-state index in [1.54, 1.807) is 19.0 Å². The number of carbonyl (C=O) groups is 1. The largest absolute Gasteiger partial charge is 0.353 e. The normalized spacial score (nSPS) is 18.6. The van der Waals surface area contributed by atoms with Crippen LogP contribution in [0.2, 0.25) is 0 Å². The van der Waals surface area contributed by atoms with Crippen molar-refractivity contribution >= 4 is 35.8 Å². The van der Waals surface area contributed by atoms with E-state index in [1.807, 2.05) is 0 Å². The minimum atomic E-state index is 0. The first-order chi connectivity index (χ1) is 13.1. The molecule has 1 N–H and O–H groups in total. The van der Waals surface area contributed by atoms with Crippen molar-refractivity contribution in [3.8, 4) is 0 Å². The maximum atomic E-state index is 11.9. The lowest BCUT2D eigenvalue weighted by atomic mass is 10.0. The molecule has 2 fully saturated rings. The van der Waals surface area contributed by atoms with Gasteiger partial charge in [0.1, 0.15) is 6.54 Å². The number of carbonyl (C=O) groups excluding carboxylic acids is 1. The molecule has 3 rings (SSSR count). The Balaban J connectivity index is 0.00000280. The average molecular weight is 499 g/mol. The number of likely N-dealkylation sites (tertiary alicyclic amines) is 2. The smallest absolute Gasteiger partial charge is 0.243 e. The van der Waals surface area contributed by atoms with Crippen LogP contribution in [0.5, 0.6) is 0 Å². The van der Waals surface area contributed by atoms with E-state index in [0.717, 1.165) is 51.5 Å². The van der Waals surface area contributed by atoms with Gasteiger partial charge in [-0.3, -0.25) is 9.69 Å². The van der Waals surface area contributed by atoms with Crippen LogP contribution in [0.3, 0.4) is 0 Å². The number of hydrogen-bond acceptors (Lipinski definition) is 3. The van der Waals surface area contributed by atoms with Crippen molar-refractivity contribution in [2.45, 2.75) is 38.3 Å². The molecule has 0 unspecified atom stereocenters. The Morgan fingerprint density at radius 1 is 1.11 bits per heavy atom. The number of hydrogen-bond donors (Lipinski definition) is 1. The lowest BCUT2D eigenvalue weighted by Gasteiger charge is -2.34. The molecule has 0 atom stereocenters. The topological polar surface area (TPSA) is 51.2 Å². The number of benzene rings is 1. The van der Waals surface area contributed by atoms with Crippen molar-refractivity contribution < 1.29 is 4.79 Å².